The molecule has 0 aliphatic carbocycles. The van der Waals surface area contributed by atoms with Crippen LogP contribution >= 0.6 is 0 Å². The van der Waals surface area contributed by atoms with E-state index in [9.17, 15) is 18.4 Å². The van der Waals surface area contributed by atoms with E-state index in [1.54, 1.807) is 24.3 Å². The predicted octanol–water partition coefficient (Wildman–Crippen LogP) is 6.73. The number of para-hydroxylation sites is 1. The van der Waals surface area contributed by atoms with E-state index in [0.29, 0.717) is 11.0 Å². The van der Waals surface area contributed by atoms with Crippen molar-refractivity contribution in [3.8, 4) is 0 Å². The van der Waals surface area contributed by atoms with E-state index in [1.807, 2.05) is 60.7 Å². The summed E-state index contributed by atoms with van der Waals surface area (Å²) in [6, 6.07) is 28.5. The lowest BCUT2D eigenvalue weighted by Crippen LogP contribution is -2.23. The number of hydrogen-bond acceptors (Lipinski definition) is 3. The van der Waals surface area contributed by atoms with Crippen molar-refractivity contribution in [3.05, 3.63) is 132 Å². The van der Waals surface area contributed by atoms with Gasteiger partial charge in [-0.1, -0.05) is 72.8 Å². The number of nitrogens with one attached hydrogen (secondary N) is 2. The molecule has 0 aliphatic heterocycles. The number of halogens is 2. The Balaban J connectivity index is 1.53. The minimum atomic E-state index is -1.10. The van der Waals surface area contributed by atoms with Crippen LogP contribution in [0.3, 0.4) is 0 Å². The summed E-state index contributed by atoms with van der Waals surface area (Å²) in [5.74, 6) is -4.02. The largest absolute Gasteiger partial charge is 0.449 e. The average Bonchev–Trinajstić information content (AvgIpc) is 3.26. The number of carbonyl (C=O) groups is 2. The van der Waals surface area contributed by atoms with Crippen molar-refractivity contribution in [2.24, 2.45) is 0 Å². The van der Waals surface area contributed by atoms with E-state index >= 15 is 0 Å². The van der Waals surface area contributed by atoms with Crippen LogP contribution in [-0.4, -0.2) is 11.8 Å². The van der Waals surface area contributed by atoms with Crippen molar-refractivity contribution >= 4 is 34.2 Å². The number of anilines is 2. The minimum absolute atomic E-state index is 0.0445. The zero-order chi connectivity index (χ0) is 25.1. The van der Waals surface area contributed by atoms with Crippen LogP contribution in [0.25, 0.3) is 11.0 Å². The molecule has 1 heterocycles. The van der Waals surface area contributed by atoms with Crippen molar-refractivity contribution in [1.82, 2.24) is 0 Å². The van der Waals surface area contributed by atoms with E-state index in [-0.39, 0.29) is 23.0 Å². The Morgan fingerprint density at radius 2 is 1.31 bits per heavy atom. The molecular weight excluding hydrogens is 462 g/mol. The number of hydrogen-bond donors (Lipinski definition) is 2. The van der Waals surface area contributed by atoms with Gasteiger partial charge in [0.2, 0.25) is 11.7 Å². The number of amides is 2. The molecule has 1 aromatic heterocycles. The van der Waals surface area contributed by atoms with E-state index in [0.717, 1.165) is 23.3 Å². The topological polar surface area (TPSA) is 71.3 Å². The molecule has 0 aliphatic rings. The number of carbonyl (C=O) groups excluding carboxylic acids is 2. The Bertz CT molecular complexity index is 1510. The fourth-order valence-corrected chi connectivity index (χ4v) is 4.07. The molecule has 0 radical (unpaired) electrons. The maximum Gasteiger partial charge on any atom is 0.293 e. The van der Waals surface area contributed by atoms with Crippen molar-refractivity contribution in [2.45, 2.75) is 5.92 Å². The fourth-order valence-electron chi connectivity index (χ4n) is 4.07. The molecule has 2 N–H and O–H groups in total. The van der Waals surface area contributed by atoms with Gasteiger partial charge in [0.25, 0.3) is 5.91 Å². The van der Waals surface area contributed by atoms with Gasteiger partial charge in [-0.15, -0.1) is 0 Å². The molecule has 0 fully saturated rings. The smallest absolute Gasteiger partial charge is 0.293 e. The van der Waals surface area contributed by atoms with Gasteiger partial charge in [0.1, 0.15) is 11.3 Å². The SMILES string of the molecule is O=C(Nc1ccc(F)c(F)c1)c1oc2ccccc2c1NC(=O)C(c1ccccc1)c1ccccc1. The average molecular weight is 482 g/mol. The summed E-state index contributed by atoms with van der Waals surface area (Å²) in [6.07, 6.45) is 0. The Morgan fingerprint density at radius 3 is 1.94 bits per heavy atom. The number of benzene rings is 4. The molecular formula is C29H20F2N2O3. The summed E-state index contributed by atoms with van der Waals surface area (Å²) in [5.41, 5.74) is 2.18. The lowest BCUT2D eigenvalue weighted by Gasteiger charge is -2.18. The first kappa shape index (κ1) is 23.0. The lowest BCUT2D eigenvalue weighted by molar-refractivity contribution is -0.116. The highest BCUT2D eigenvalue weighted by Crippen LogP contribution is 2.34. The van der Waals surface area contributed by atoms with Gasteiger partial charge in [-0.2, -0.15) is 0 Å². The zero-order valence-corrected chi connectivity index (χ0v) is 18.9. The fraction of sp³-hybridized carbons (Fsp3) is 0.0345. The van der Waals surface area contributed by atoms with Gasteiger partial charge in [-0.25, -0.2) is 8.78 Å². The van der Waals surface area contributed by atoms with Crippen molar-refractivity contribution in [2.75, 3.05) is 10.6 Å². The first-order valence-electron chi connectivity index (χ1n) is 11.2. The molecule has 5 nitrogen and oxygen atoms in total. The van der Waals surface area contributed by atoms with Gasteiger partial charge in [-0.3, -0.25) is 9.59 Å². The molecule has 7 heteroatoms. The Kier molecular flexibility index (Phi) is 6.28. The summed E-state index contributed by atoms with van der Waals surface area (Å²) >= 11 is 0. The quantitative estimate of drug-likeness (QED) is 0.282. The first-order valence-corrected chi connectivity index (χ1v) is 11.2. The molecule has 0 bridgehead atoms. The third-order valence-corrected chi connectivity index (χ3v) is 5.76. The van der Waals surface area contributed by atoms with Gasteiger partial charge in [-0.05, 0) is 35.4 Å². The molecule has 0 spiro atoms. The maximum atomic E-state index is 13.7. The molecule has 0 saturated carbocycles. The summed E-state index contributed by atoms with van der Waals surface area (Å²) in [7, 11) is 0. The molecule has 5 rings (SSSR count). The second-order valence-corrected chi connectivity index (χ2v) is 8.13. The highest BCUT2D eigenvalue weighted by Gasteiger charge is 2.27. The predicted molar refractivity (Wildman–Crippen MR) is 134 cm³/mol. The lowest BCUT2D eigenvalue weighted by atomic mass is 9.90. The monoisotopic (exact) mass is 482 g/mol. The Labute approximate surface area is 205 Å². The normalized spacial score (nSPS) is 11.0. The molecule has 0 unspecified atom stereocenters. The summed E-state index contributed by atoms with van der Waals surface area (Å²) in [4.78, 5) is 26.8. The number of fused-ring (bicyclic) bond motifs is 1. The maximum absolute atomic E-state index is 13.7. The molecule has 5 aromatic rings. The minimum Gasteiger partial charge on any atom is -0.449 e. The van der Waals surface area contributed by atoms with E-state index < -0.39 is 23.5 Å². The molecule has 4 aromatic carbocycles. The summed E-state index contributed by atoms with van der Waals surface area (Å²) in [5, 5.41) is 5.92. The van der Waals surface area contributed by atoms with Crippen LogP contribution in [0.1, 0.15) is 27.6 Å². The van der Waals surface area contributed by atoms with Gasteiger partial charge < -0.3 is 15.1 Å². The zero-order valence-electron chi connectivity index (χ0n) is 18.9. The number of furan rings is 1. The molecule has 2 amide bonds. The van der Waals surface area contributed by atoms with Gasteiger partial charge >= 0.3 is 0 Å². The molecule has 178 valence electrons. The molecule has 0 atom stereocenters. The second kappa shape index (κ2) is 9.84. The van der Waals surface area contributed by atoms with E-state index in [2.05, 4.69) is 10.6 Å². The Morgan fingerprint density at radius 1 is 0.694 bits per heavy atom. The van der Waals surface area contributed by atoms with Gasteiger partial charge in [0, 0.05) is 17.1 Å². The van der Waals surface area contributed by atoms with Crippen LogP contribution in [0.2, 0.25) is 0 Å². The number of rotatable bonds is 6. The third-order valence-electron chi connectivity index (χ3n) is 5.76. The van der Waals surface area contributed by atoms with Crippen LogP contribution in [0.5, 0.6) is 0 Å². The van der Waals surface area contributed by atoms with Crippen LogP contribution in [0.15, 0.2) is 108 Å². The van der Waals surface area contributed by atoms with E-state index in [1.165, 1.54) is 6.07 Å². The summed E-state index contributed by atoms with van der Waals surface area (Å²) < 4.78 is 32.7. The summed E-state index contributed by atoms with van der Waals surface area (Å²) in [6.45, 7) is 0. The highest BCUT2D eigenvalue weighted by molar-refractivity contribution is 6.15. The van der Waals surface area contributed by atoms with Crippen molar-refractivity contribution in [1.29, 1.82) is 0 Å². The van der Waals surface area contributed by atoms with Gasteiger partial charge in [0.05, 0.1) is 5.92 Å². The first-order chi connectivity index (χ1) is 17.5. The molecule has 36 heavy (non-hydrogen) atoms. The van der Waals surface area contributed by atoms with Crippen LogP contribution in [0.4, 0.5) is 20.2 Å². The van der Waals surface area contributed by atoms with Crippen LogP contribution < -0.4 is 10.6 Å². The standard InChI is InChI=1S/C29H20F2N2O3/c30-22-16-15-20(17-23(22)31)32-29(35)27-26(21-13-7-8-14-24(21)36-27)33-28(34)25(18-9-3-1-4-10-18)19-11-5-2-6-12-19/h1-17,25H,(H,32,35)(H,33,34). The third kappa shape index (κ3) is 4.59. The van der Waals surface area contributed by atoms with Crippen LogP contribution in [-0.2, 0) is 4.79 Å². The van der Waals surface area contributed by atoms with Crippen molar-refractivity contribution < 1.29 is 22.8 Å². The Hall–Kier alpha value is -4.78. The second-order valence-electron chi connectivity index (χ2n) is 8.13. The molecule has 0 saturated heterocycles. The van der Waals surface area contributed by atoms with E-state index in [4.69, 9.17) is 4.42 Å². The van der Waals surface area contributed by atoms with Gasteiger partial charge in [0.15, 0.2) is 11.6 Å². The van der Waals surface area contributed by atoms with Crippen LogP contribution in [0, 0.1) is 11.6 Å². The highest BCUT2D eigenvalue weighted by atomic mass is 19.2. The van der Waals surface area contributed by atoms with Crippen molar-refractivity contribution in [3.63, 3.8) is 0 Å².